The number of benzene rings is 1. The third-order valence-electron chi connectivity index (χ3n) is 3.25. The molecular weight excluding hydrogens is 224 g/mol. The van der Waals surface area contributed by atoms with E-state index in [4.69, 9.17) is 0 Å². The summed E-state index contributed by atoms with van der Waals surface area (Å²) in [6, 6.07) is 9.55. The van der Waals surface area contributed by atoms with E-state index in [-0.39, 0.29) is 0 Å². The molecular formula is C16H26O2. The van der Waals surface area contributed by atoms with Crippen LogP contribution >= 0.6 is 0 Å². The van der Waals surface area contributed by atoms with Crippen molar-refractivity contribution in [3.63, 3.8) is 0 Å². The van der Waals surface area contributed by atoms with E-state index in [0.717, 1.165) is 30.7 Å². The van der Waals surface area contributed by atoms with Crippen LogP contribution in [0.2, 0.25) is 0 Å². The molecule has 2 N–H and O–H groups in total. The molecule has 0 saturated carbocycles. The first-order valence-corrected chi connectivity index (χ1v) is 7.00. The Morgan fingerprint density at radius 3 is 2.17 bits per heavy atom. The summed E-state index contributed by atoms with van der Waals surface area (Å²) in [5.41, 5.74) is 0.888. The second kappa shape index (κ2) is 8.28. The molecule has 2 nitrogen and oxygen atoms in total. The fourth-order valence-electron chi connectivity index (χ4n) is 2.12. The molecule has 0 aromatic heterocycles. The fraction of sp³-hybridized carbons (Fsp3) is 0.625. The Bertz CT molecular complexity index is 308. The van der Waals surface area contributed by atoms with Crippen molar-refractivity contribution in [2.24, 2.45) is 5.92 Å². The number of hydrogen-bond acceptors (Lipinski definition) is 2. The Morgan fingerprint density at radius 2 is 1.56 bits per heavy atom. The van der Waals surface area contributed by atoms with Gasteiger partial charge in [0.05, 0.1) is 12.2 Å². The first kappa shape index (κ1) is 15.2. The Morgan fingerprint density at radius 1 is 0.944 bits per heavy atom. The first-order valence-electron chi connectivity index (χ1n) is 7.00. The van der Waals surface area contributed by atoms with Crippen LogP contribution < -0.4 is 0 Å². The predicted molar refractivity (Wildman–Crippen MR) is 75.3 cm³/mol. The highest BCUT2D eigenvalue weighted by atomic mass is 16.3. The zero-order valence-corrected chi connectivity index (χ0v) is 11.5. The molecule has 0 heterocycles. The Kier molecular flexibility index (Phi) is 6.99. The normalized spacial score (nSPS) is 14.7. The third kappa shape index (κ3) is 6.18. The van der Waals surface area contributed by atoms with Gasteiger partial charge in [0.2, 0.25) is 0 Å². The van der Waals surface area contributed by atoms with Crippen LogP contribution in [-0.4, -0.2) is 16.3 Å². The highest BCUT2D eigenvalue weighted by molar-refractivity contribution is 5.17. The highest BCUT2D eigenvalue weighted by Crippen LogP contribution is 2.20. The van der Waals surface area contributed by atoms with E-state index in [1.165, 1.54) is 6.42 Å². The number of unbranched alkanes of at least 4 members (excludes halogenated alkanes) is 1. The van der Waals surface area contributed by atoms with Crippen molar-refractivity contribution in [2.45, 2.75) is 58.2 Å². The summed E-state index contributed by atoms with van der Waals surface area (Å²) in [6.45, 7) is 4.44. The summed E-state index contributed by atoms with van der Waals surface area (Å²) in [5, 5.41) is 19.9. The molecule has 2 unspecified atom stereocenters. The molecule has 0 aliphatic rings. The summed E-state index contributed by atoms with van der Waals surface area (Å²) < 4.78 is 0. The molecule has 1 aromatic rings. The lowest BCUT2D eigenvalue weighted by Gasteiger charge is -2.16. The van der Waals surface area contributed by atoms with Gasteiger partial charge < -0.3 is 10.2 Å². The van der Waals surface area contributed by atoms with E-state index in [0.29, 0.717) is 6.42 Å². The smallest absolute Gasteiger partial charge is 0.0814 e. The number of aliphatic hydroxyl groups excluding tert-OH is 2. The van der Waals surface area contributed by atoms with Crippen LogP contribution in [0.1, 0.15) is 57.6 Å². The van der Waals surface area contributed by atoms with E-state index < -0.39 is 12.2 Å². The van der Waals surface area contributed by atoms with Gasteiger partial charge in [0.25, 0.3) is 0 Å². The maximum atomic E-state index is 9.98. The molecule has 0 saturated heterocycles. The summed E-state index contributed by atoms with van der Waals surface area (Å²) in [6.07, 6.45) is 3.70. The average molecular weight is 250 g/mol. The molecule has 2 heteroatoms. The molecule has 0 amide bonds. The van der Waals surface area contributed by atoms with E-state index in [9.17, 15) is 10.2 Å². The minimum Gasteiger partial charge on any atom is -0.393 e. The van der Waals surface area contributed by atoms with Gasteiger partial charge in [0.15, 0.2) is 0 Å². The summed E-state index contributed by atoms with van der Waals surface area (Å²) >= 11 is 0. The van der Waals surface area contributed by atoms with E-state index in [1.807, 2.05) is 30.3 Å². The average Bonchev–Trinajstić information content (AvgIpc) is 2.35. The van der Waals surface area contributed by atoms with E-state index >= 15 is 0 Å². The van der Waals surface area contributed by atoms with Crippen LogP contribution in [0.5, 0.6) is 0 Å². The van der Waals surface area contributed by atoms with Gasteiger partial charge in [-0.05, 0) is 17.9 Å². The molecule has 0 aliphatic carbocycles. The van der Waals surface area contributed by atoms with Crippen LogP contribution in [0.15, 0.2) is 30.3 Å². The lowest BCUT2D eigenvalue weighted by molar-refractivity contribution is 0.0737. The van der Waals surface area contributed by atoms with Gasteiger partial charge in [0.1, 0.15) is 0 Å². The number of aliphatic hydroxyl groups is 2. The van der Waals surface area contributed by atoms with Gasteiger partial charge >= 0.3 is 0 Å². The van der Waals surface area contributed by atoms with Crippen LogP contribution in [0.4, 0.5) is 0 Å². The van der Waals surface area contributed by atoms with Gasteiger partial charge in [-0.2, -0.15) is 0 Å². The van der Waals surface area contributed by atoms with Crippen molar-refractivity contribution in [1.82, 2.24) is 0 Å². The molecule has 2 atom stereocenters. The molecule has 102 valence electrons. The zero-order chi connectivity index (χ0) is 13.4. The molecule has 0 bridgehead atoms. The second-order valence-electron chi connectivity index (χ2n) is 5.49. The Balaban J connectivity index is 2.21. The van der Waals surface area contributed by atoms with E-state index in [2.05, 4.69) is 13.8 Å². The van der Waals surface area contributed by atoms with Crippen molar-refractivity contribution < 1.29 is 10.2 Å². The lowest BCUT2D eigenvalue weighted by Crippen LogP contribution is -2.12. The summed E-state index contributed by atoms with van der Waals surface area (Å²) in [7, 11) is 0. The quantitative estimate of drug-likeness (QED) is 0.691. The van der Waals surface area contributed by atoms with Gasteiger partial charge in [-0.1, -0.05) is 63.4 Å². The van der Waals surface area contributed by atoms with Crippen molar-refractivity contribution in [2.75, 3.05) is 0 Å². The van der Waals surface area contributed by atoms with Crippen LogP contribution in [0, 0.1) is 5.92 Å². The first-order chi connectivity index (χ1) is 8.59. The molecule has 0 fully saturated rings. The minimum atomic E-state index is -0.550. The zero-order valence-electron chi connectivity index (χ0n) is 11.5. The van der Waals surface area contributed by atoms with Crippen molar-refractivity contribution in [1.29, 1.82) is 0 Å². The molecule has 0 spiro atoms. The van der Waals surface area contributed by atoms with Gasteiger partial charge in [-0.3, -0.25) is 0 Å². The molecule has 0 aliphatic heterocycles. The lowest BCUT2D eigenvalue weighted by atomic mass is 9.98. The summed E-state index contributed by atoms with van der Waals surface area (Å²) in [4.78, 5) is 0. The highest BCUT2D eigenvalue weighted by Gasteiger charge is 2.13. The molecule has 1 rings (SSSR count). The van der Waals surface area contributed by atoms with Gasteiger partial charge in [-0.15, -0.1) is 0 Å². The number of rotatable bonds is 8. The Labute approximate surface area is 111 Å². The topological polar surface area (TPSA) is 40.5 Å². The maximum absolute atomic E-state index is 9.98. The second-order valence-corrected chi connectivity index (χ2v) is 5.49. The largest absolute Gasteiger partial charge is 0.393 e. The SMILES string of the molecule is CC(C)CCCCC(O)CC(O)c1ccccc1. The van der Waals surface area contributed by atoms with Crippen molar-refractivity contribution in [3.05, 3.63) is 35.9 Å². The molecule has 1 aromatic carbocycles. The monoisotopic (exact) mass is 250 g/mol. The fourth-order valence-corrected chi connectivity index (χ4v) is 2.12. The van der Waals surface area contributed by atoms with Crippen LogP contribution in [-0.2, 0) is 0 Å². The van der Waals surface area contributed by atoms with E-state index in [1.54, 1.807) is 0 Å². The number of hydrogen-bond donors (Lipinski definition) is 2. The predicted octanol–water partition coefficient (Wildman–Crippen LogP) is 3.69. The van der Waals surface area contributed by atoms with Crippen LogP contribution in [0.25, 0.3) is 0 Å². The summed E-state index contributed by atoms with van der Waals surface area (Å²) in [5.74, 6) is 0.733. The molecule has 18 heavy (non-hydrogen) atoms. The van der Waals surface area contributed by atoms with Gasteiger partial charge in [0, 0.05) is 6.42 Å². The minimum absolute atomic E-state index is 0.396. The maximum Gasteiger partial charge on any atom is 0.0814 e. The standard InChI is InChI=1S/C16H26O2/c1-13(2)8-6-7-11-15(17)12-16(18)14-9-4-3-5-10-14/h3-5,9-10,13,15-18H,6-8,11-12H2,1-2H3. The van der Waals surface area contributed by atoms with Gasteiger partial charge in [-0.25, -0.2) is 0 Å². The molecule has 0 radical (unpaired) electrons. The van der Waals surface area contributed by atoms with Crippen LogP contribution in [0.3, 0.4) is 0 Å². The third-order valence-corrected chi connectivity index (χ3v) is 3.25. The van der Waals surface area contributed by atoms with Crippen molar-refractivity contribution in [3.8, 4) is 0 Å². The Hall–Kier alpha value is -0.860. The van der Waals surface area contributed by atoms with Crippen molar-refractivity contribution >= 4 is 0 Å².